The summed E-state index contributed by atoms with van der Waals surface area (Å²) in [6.07, 6.45) is 5.27. The van der Waals surface area contributed by atoms with Gasteiger partial charge in [0.1, 0.15) is 39.6 Å². The third-order valence-electron chi connectivity index (χ3n) is 10.7. The van der Waals surface area contributed by atoms with E-state index in [1.165, 1.54) is 31.4 Å². The van der Waals surface area contributed by atoms with Crippen LogP contribution in [0, 0.1) is 17.0 Å². The fraction of sp³-hybridized carbons (Fsp3) is 0.528. The van der Waals surface area contributed by atoms with Crippen molar-refractivity contribution in [3.8, 4) is 28.9 Å². The van der Waals surface area contributed by atoms with Gasteiger partial charge >= 0.3 is 6.01 Å². The Labute approximate surface area is 282 Å². The zero-order valence-corrected chi connectivity index (χ0v) is 27.8. The van der Waals surface area contributed by atoms with Gasteiger partial charge in [0.25, 0.3) is 0 Å². The Kier molecular flexibility index (Phi) is 8.21. The molecule has 4 aromatic rings. The van der Waals surface area contributed by atoms with E-state index in [0.29, 0.717) is 37.2 Å². The zero-order valence-electron chi connectivity index (χ0n) is 27.8. The van der Waals surface area contributed by atoms with E-state index in [-0.39, 0.29) is 69.6 Å². The van der Waals surface area contributed by atoms with E-state index in [9.17, 15) is 10.2 Å². The molecule has 2 aromatic heterocycles. The maximum absolute atomic E-state index is 17.0. The van der Waals surface area contributed by atoms with Gasteiger partial charge in [0.2, 0.25) is 5.88 Å². The van der Waals surface area contributed by atoms with Crippen LogP contribution >= 0.6 is 0 Å². The van der Waals surface area contributed by atoms with E-state index in [1.54, 1.807) is 13.0 Å². The number of β-amino-alcohol motifs (C(OH)–C–C–N with tert-alkyl or cyclic N) is 1. The fourth-order valence-electron chi connectivity index (χ4n) is 8.46. The molecule has 49 heavy (non-hydrogen) atoms. The number of piperidine rings is 1. The van der Waals surface area contributed by atoms with E-state index in [0.717, 1.165) is 51.9 Å². The molecule has 0 bridgehead atoms. The number of benzene rings is 2. The largest absolute Gasteiger partial charge is 0.508 e. The van der Waals surface area contributed by atoms with Crippen LogP contribution in [-0.4, -0.2) is 108 Å². The van der Waals surface area contributed by atoms with Gasteiger partial charge in [0.05, 0.1) is 52.7 Å². The van der Waals surface area contributed by atoms with Crippen LogP contribution in [0.3, 0.4) is 0 Å². The number of hydrogen-bond acceptors (Lipinski definition) is 11. The van der Waals surface area contributed by atoms with Crippen molar-refractivity contribution in [2.75, 3.05) is 64.7 Å². The van der Waals surface area contributed by atoms with E-state index in [4.69, 9.17) is 23.9 Å². The van der Waals surface area contributed by atoms with Gasteiger partial charge in [-0.1, -0.05) is 18.6 Å². The molecule has 2 N–H and O–H groups in total. The summed E-state index contributed by atoms with van der Waals surface area (Å²) in [6.45, 7) is 5.49. The smallest absolute Gasteiger partial charge is 0.319 e. The molecule has 2 aromatic carbocycles. The molecular formula is C36H41F2N5O6. The first-order chi connectivity index (χ1) is 23.7. The van der Waals surface area contributed by atoms with Crippen LogP contribution in [0.25, 0.3) is 32.9 Å². The van der Waals surface area contributed by atoms with Crippen LogP contribution in [0.1, 0.15) is 39.0 Å². The summed E-state index contributed by atoms with van der Waals surface area (Å²) in [5, 5.41) is 22.3. The average Bonchev–Trinajstić information content (AvgIpc) is 3.40. The zero-order chi connectivity index (χ0) is 33.9. The van der Waals surface area contributed by atoms with Gasteiger partial charge in [-0.15, -0.1) is 0 Å². The molecule has 3 atom stereocenters. The Morgan fingerprint density at radius 3 is 2.67 bits per heavy atom. The molecule has 4 aliphatic rings. The predicted octanol–water partition coefficient (Wildman–Crippen LogP) is 4.84. The van der Waals surface area contributed by atoms with Gasteiger partial charge in [-0.2, -0.15) is 9.97 Å². The topological polar surface area (TPSA) is 123 Å². The van der Waals surface area contributed by atoms with Crippen molar-refractivity contribution in [3.63, 3.8) is 0 Å². The molecule has 8 rings (SSSR count). The van der Waals surface area contributed by atoms with Crippen molar-refractivity contribution in [1.82, 2.24) is 19.9 Å². The predicted molar refractivity (Wildman–Crippen MR) is 178 cm³/mol. The van der Waals surface area contributed by atoms with Gasteiger partial charge in [-0.3, -0.25) is 4.90 Å². The Hall–Kier alpha value is -3.91. The Morgan fingerprint density at radius 1 is 1.04 bits per heavy atom. The molecule has 0 amide bonds. The molecule has 3 saturated heterocycles. The lowest BCUT2D eigenvalue weighted by atomic mass is 9.75. The molecule has 5 heterocycles. The summed E-state index contributed by atoms with van der Waals surface area (Å²) in [4.78, 5) is 18.4. The van der Waals surface area contributed by atoms with Crippen molar-refractivity contribution >= 4 is 27.5 Å². The van der Waals surface area contributed by atoms with Crippen molar-refractivity contribution in [2.24, 2.45) is 5.41 Å². The van der Waals surface area contributed by atoms with E-state index < -0.39 is 17.2 Å². The standard InChI is InChI=1S/C36H41F2N5O6/c1-35(45)18-42(12-13-47-19-35)32-28-31(29(38)30(39-33(28)46-2)24-15-23(44)14-21-6-3-7-25(37)27(21)24)40-34(41-32)49-20-36-9-4-8-26(36)43(11-5-10-36)22-16-48-17-22/h3,6-7,14-15,22,26,44-45H,4-5,8-13,16-20H2,1-2H3/t26-,35+,36-/m1/s1. The molecule has 260 valence electrons. The molecule has 3 aliphatic heterocycles. The molecule has 0 spiro atoms. The van der Waals surface area contributed by atoms with Crippen LogP contribution in [0.15, 0.2) is 30.3 Å². The number of aromatic nitrogens is 3. The van der Waals surface area contributed by atoms with E-state index >= 15 is 8.78 Å². The Morgan fingerprint density at radius 2 is 1.88 bits per heavy atom. The van der Waals surface area contributed by atoms with Crippen LogP contribution < -0.4 is 14.4 Å². The lowest BCUT2D eigenvalue weighted by Gasteiger charge is -2.51. The molecule has 0 unspecified atom stereocenters. The third-order valence-corrected chi connectivity index (χ3v) is 10.7. The quantitative estimate of drug-likeness (QED) is 0.280. The lowest BCUT2D eigenvalue weighted by Crippen LogP contribution is -2.60. The number of aliphatic hydroxyl groups is 1. The van der Waals surface area contributed by atoms with Crippen molar-refractivity contribution in [2.45, 2.75) is 56.7 Å². The summed E-state index contributed by atoms with van der Waals surface area (Å²) >= 11 is 0. The molecule has 0 radical (unpaired) electrons. The summed E-state index contributed by atoms with van der Waals surface area (Å²) < 4.78 is 55.8. The Bertz CT molecular complexity index is 1910. The number of fused-ring (bicyclic) bond motifs is 3. The maximum Gasteiger partial charge on any atom is 0.319 e. The molecule has 4 fully saturated rings. The second kappa shape index (κ2) is 12.4. The fourth-order valence-corrected chi connectivity index (χ4v) is 8.46. The van der Waals surface area contributed by atoms with Gasteiger partial charge in [0.15, 0.2) is 5.82 Å². The summed E-state index contributed by atoms with van der Waals surface area (Å²) in [5.41, 5.74) is -1.63. The molecule has 11 nitrogen and oxygen atoms in total. The minimum Gasteiger partial charge on any atom is -0.508 e. The minimum absolute atomic E-state index is 0.00526. The van der Waals surface area contributed by atoms with Crippen LogP contribution in [-0.2, 0) is 9.47 Å². The highest BCUT2D eigenvalue weighted by molar-refractivity contribution is 6.02. The lowest BCUT2D eigenvalue weighted by molar-refractivity contribution is -0.115. The summed E-state index contributed by atoms with van der Waals surface area (Å²) in [5.74, 6) is -1.32. The third kappa shape index (κ3) is 5.70. The van der Waals surface area contributed by atoms with Crippen molar-refractivity contribution in [3.05, 3.63) is 42.0 Å². The summed E-state index contributed by atoms with van der Waals surface area (Å²) in [6, 6.07) is 7.90. The number of pyridine rings is 1. The average molecular weight is 678 g/mol. The van der Waals surface area contributed by atoms with E-state index in [1.807, 2.05) is 4.90 Å². The first kappa shape index (κ1) is 32.3. The second-order valence-electron chi connectivity index (χ2n) is 14.2. The number of rotatable bonds is 7. The highest BCUT2D eigenvalue weighted by Gasteiger charge is 2.51. The second-order valence-corrected chi connectivity index (χ2v) is 14.2. The first-order valence-electron chi connectivity index (χ1n) is 17.0. The van der Waals surface area contributed by atoms with Crippen LogP contribution in [0.4, 0.5) is 14.6 Å². The molecule has 1 aliphatic carbocycles. The number of methoxy groups -OCH3 is 1. The highest BCUT2D eigenvalue weighted by Crippen LogP contribution is 2.49. The number of hydrogen-bond donors (Lipinski definition) is 2. The number of aromatic hydroxyl groups is 1. The van der Waals surface area contributed by atoms with Gasteiger partial charge in [0, 0.05) is 29.0 Å². The molecular weight excluding hydrogens is 636 g/mol. The monoisotopic (exact) mass is 677 g/mol. The minimum atomic E-state index is -1.22. The van der Waals surface area contributed by atoms with Gasteiger partial charge < -0.3 is 34.1 Å². The number of halogens is 2. The molecule has 1 saturated carbocycles. The van der Waals surface area contributed by atoms with Crippen LogP contribution in [0.5, 0.6) is 17.6 Å². The normalized spacial score (nSPS) is 26.5. The number of phenolic OH excluding ortho intramolecular Hbond substituents is 1. The molecule has 13 heteroatoms. The number of ether oxygens (including phenoxy) is 4. The number of phenols is 1. The summed E-state index contributed by atoms with van der Waals surface area (Å²) in [7, 11) is 1.40. The highest BCUT2D eigenvalue weighted by atomic mass is 19.1. The van der Waals surface area contributed by atoms with Crippen molar-refractivity contribution < 1.29 is 37.9 Å². The van der Waals surface area contributed by atoms with Gasteiger partial charge in [-0.05, 0) is 62.7 Å². The number of nitrogens with zero attached hydrogens (tertiary/aromatic N) is 5. The van der Waals surface area contributed by atoms with E-state index in [2.05, 4.69) is 14.9 Å². The SMILES string of the molecule is COc1nc(-c2cc(O)cc3cccc(F)c23)c(F)c2nc(OC[C@]34CCC[C@H]3N(C3COC3)CCC4)nc(N3CCOC[C@@](C)(O)C3)c12. The first-order valence-corrected chi connectivity index (χ1v) is 17.0. The number of likely N-dealkylation sites (tertiary alicyclic amines) is 1. The van der Waals surface area contributed by atoms with Gasteiger partial charge in [-0.25, -0.2) is 13.8 Å². The van der Waals surface area contributed by atoms with Crippen molar-refractivity contribution in [1.29, 1.82) is 0 Å². The Balaban J connectivity index is 1.27. The van der Waals surface area contributed by atoms with Crippen LogP contribution in [0.2, 0.25) is 0 Å². The maximum atomic E-state index is 17.0. The number of anilines is 1.